The van der Waals surface area contributed by atoms with Crippen molar-refractivity contribution in [1.29, 1.82) is 0 Å². The topological polar surface area (TPSA) is 64.3 Å². The predicted molar refractivity (Wildman–Crippen MR) is 93.2 cm³/mol. The monoisotopic (exact) mass is 336 g/mol. The van der Waals surface area contributed by atoms with Crippen LogP contribution in [-0.2, 0) is 6.54 Å². The van der Waals surface area contributed by atoms with Crippen molar-refractivity contribution in [3.63, 3.8) is 0 Å². The first-order chi connectivity index (χ1) is 12.3. The zero-order valence-corrected chi connectivity index (χ0v) is 14.1. The van der Waals surface area contributed by atoms with E-state index in [1.165, 1.54) is 5.56 Å². The summed E-state index contributed by atoms with van der Waals surface area (Å²) < 4.78 is 11.1. The van der Waals surface area contributed by atoms with Crippen LogP contribution in [0.2, 0.25) is 0 Å². The molecule has 0 spiro atoms. The highest BCUT2D eigenvalue weighted by Crippen LogP contribution is 2.29. The van der Waals surface area contributed by atoms with Crippen molar-refractivity contribution in [2.24, 2.45) is 0 Å². The number of likely N-dealkylation sites (tertiary alicyclic amines) is 1. The van der Waals surface area contributed by atoms with Gasteiger partial charge in [-0.25, -0.2) is 0 Å². The molecule has 4 rings (SSSR count). The number of methoxy groups -OCH3 is 1. The predicted octanol–water partition coefficient (Wildman–Crippen LogP) is 3.13. The number of nitrogens with zero attached hydrogens (tertiary/aromatic N) is 4. The van der Waals surface area contributed by atoms with Crippen LogP contribution in [0.15, 0.2) is 53.2 Å². The maximum Gasteiger partial charge on any atom is 0.247 e. The second-order valence-electron chi connectivity index (χ2n) is 6.25. The van der Waals surface area contributed by atoms with E-state index < -0.39 is 0 Å². The van der Waals surface area contributed by atoms with Crippen LogP contribution in [0.3, 0.4) is 0 Å². The van der Waals surface area contributed by atoms with E-state index >= 15 is 0 Å². The van der Waals surface area contributed by atoms with E-state index in [9.17, 15) is 0 Å². The van der Waals surface area contributed by atoms with Crippen molar-refractivity contribution in [3.05, 3.63) is 60.2 Å². The van der Waals surface area contributed by atoms with Crippen molar-refractivity contribution in [2.75, 3.05) is 20.2 Å². The summed E-state index contributed by atoms with van der Waals surface area (Å²) in [6.07, 6.45) is 4.71. The molecule has 0 N–H and O–H groups in total. The van der Waals surface area contributed by atoms with Gasteiger partial charge in [-0.1, -0.05) is 0 Å². The third-order valence-electron chi connectivity index (χ3n) is 4.55. The summed E-state index contributed by atoms with van der Waals surface area (Å²) >= 11 is 0. The lowest BCUT2D eigenvalue weighted by Gasteiger charge is -2.14. The van der Waals surface area contributed by atoms with Crippen LogP contribution >= 0.6 is 0 Å². The highest BCUT2D eigenvalue weighted by atomic mass is 16.5. The van der Waals surface area contributed by atoms with Gasteiger partial charge in [-0.05, 0) is 54.9 Å². The molecule has 1 fully saturated rings. The standard InChI is InChI=1S/C19H20N4O2/c1-24-17-4-2-15(3-5-17)18-21-22-19(25-18)16-8-11-23(13-16)12-14-6-9-20-10-7-14/h2-7,9-10,16H,8,11-13H2,1H3/t16-/m0/s1. The van der Waals surface area contributed by atoms with Crippen molar-refractivity contribution in [2.45, 2.75) is 18.9 Å². The summed E-state index contributed by atoms with van der Waals surface area (Å²) in [4.78, 5) is 6.48. The Morgan fingerprint density at radius 3 is 2.68 bits per heavy atom. The normalized spacial score (nSPS) is 17.7. The number of benzene rings is 1. The molecular formula is C19H20N4O2. The number of hydrogen-bond donors (Lipinski definition) is 0. The van der Waals surface area contributed by atoms with Crippen LogP contribution in [0.4, 0.5) is 0 Å². The van der Waals surface area contributed by atoms with Gasteiger partial charge in [0.1, 0.15) is 5.75 Å². The molecule has 0 unspecified atom stereocenters. The zero-order valence-electron chi connectivity index (χ0n) is 14.1. The van der Waals surface area contributed by atoms with Gasteiger partial charge in [0.05, 0.1) is 13.0 Å². The molecule has 25 heavy (non-hydrogen) atoms. The summed E-state index contributed by atoms with van der Waals surface area (Å²) in [6.45, 7) is 2.90. The highest BCUT2D eigenvalue weighted by molar-refractivity contribution is 5.54. The molecule has 0 aliphatic carbocycles. The lowest BCUT2D eigenvalue weighted by molar-refractivity contribution is 0.320. The van der Waals surface area contributed by atoms with Crippen LogP contribution in [-0.4, -0.2) is 40.3 Å². The van der Waals surface area contributed by atoms with Gasteiger partial charge in [-0.15, -0.1) is 10.2 Å². The van der Waals surface area contributed by atoms with Crippen LogP contribution in [0, 0.1) is 0 Å². The van der Waals surface area contributed by atoms with E-state index in [1.54, 1.807) is 7.11 Å². The fourth-order valence-electron chi connectivity index (χ4n) is 3.17. The lowest BCUT2D eigenvalue weighted by Crippen LogP contribution is -2.19. The molecular weight excluding hydrogens is 316 g/mol. The van der Waals surface area contributed by atoms with Gasteiger partial charge in [0.2, 0.25) is 11.8 Å². The average molecular weight is 336 g/mol. The Hall–Kier alpha value is -2.73. The largest absolute Gasteiger partial charge is 0.497 e. The molecule has 2 aromatic heterocycles. The molecule has 128 valence electrons. The van der Waals surface area contributed by atoms with Gasteiger partial charge in [0.15, 0.2) is 0 Å². The molecule has 0 saturated carbocycles. The minimum Gasteiger partial charge on any atom is -0.497 e. The van der Waals surface area contributed by atoms with Gasteiger partial charge < -0.3 is 9.15 Å². The molecule has 1 aliphatic rings. The fraction of sp³-hybridized carbons (Fsp3) is 0.316. The molecule has 6 heteroatoms. The molecule has 6 nitrogen and oxygen atoms in total. The Labute approximate surface area is 146 Å². The van der Waals surface area contributed by atoms with Crippen molar-refractivity contribution < 1.29 is 9.15 Å². The van der Waals surface area contributed by atoms with Gasteiger partial charge in [0.25, 0.3) is 0 Å². The van der Waals surface area contributed by atoms with E-state index in [0.29, 0.717) is 11.8 Å². The Morgan fingerprint density at radius 2 is 1.92 bits per heavy atom. The smallest absolute Gasteiger partial charge is 0.247 e. The highest BCUT2D eigenvalue weighted by Gasteiger charge is 2.28. The lowest BCUT2D eigenvalue weighted by atomic mass is 10.1. The van der Waals surface area contributed by atoms with E-state index in [-0.39, 0.29) is 0 Å². The first kappa shape index (κ1) is 15.8. The molecule has 3 aromatic rings. The number of rotatable bonds is 5. The van der Waals surface area contributed by atoms with Crippen molar-refractivity contribution in [3.8, 4) is 17.2 Å². The second-order valence-corrected chi connectivity index (χ2v) is 6.25. The van der Waals surface area contributed by atoms with Gasteiger partial charge >= 0.3 is 0 Å². The average Bonchev–Trinajstić information content (AvgIpc) is 3.32. The van der Waals surface area contributed by atoms with E-state index in [0.717, 1.165) is 43.3 Å². The Balaban J connectivity index is 1.42. The Kier molecular flexibility index (Phi) is 4.43. The number of ether oxygens (including phenoxy) is 1. The third kappa shape index (κ3) is 3.53. The Bertz CT molecular complexity index is 817. The summed E-state index contributed by atoms with van der Waals surface area (Å²) in [6, 6.07) is 11.8. The number of aromatic nitrogens is 3. The van der Waals surface area contributed by atoms with Crippen molar-refractivity contribution >= 4 is 0 Å². The van der Waals surface area contributed by atoms with E-state index in [2.05, 4.69) is 32.2 Å². The molecule has 1 aliphatic heterocycles. The Morgan fingerprint density at radius 1 is 1.12 bits per heavy atom. The van der Waals surface area contributed by atoms with Crippen LogP contribution < -0.4 is 4.74 Å². The molecule has 0 bridgehead atoms. The van der Waals surface area contributed by atoms with Crippen LogP contribution in [0.25, 0.3) is 11.5 Å². The minimum absolute atomic E-state index is 0.293. The zero-order chi connectivity index (χ0) is 17.1. The van der Waals surface area contributed by atoms with Crippen LogP contribution in [0.5, 0.6) is 5.75 Å². The van der Waals surface area contributed by atoms with Gasteiger partial charge in [0, 0.05) is 31.0 Å². The summed E-state index contributed by atoms with van der Waals surface area (Å²) in [5.41, 5.74) is 2.19. The van der Waals surface area contributed by atoms with E-state index in [1.807, 2.05) is 36.7 Å². The molecule has 0 radical (unpaired) electrons. The van der Waals surface area contributed by atoms with Crippen molar-refractivity contribution in [1.82, 2.24) is 20.1 Å². The molecule has 1 atom stereocenters. The number of pyridine rings is 1. The second kappa shape index (κ2) is 7.03. The first-order valence-electron chi connectivity index (χ1n) is 8.41. The molecule has 1 aromatic carbocycles. The molecule has 3 heterocycles. The van der Waals surface area contributed by atoms with E-state index in [4.69, 9.17) is 9.15 Å². The maximum absolute atomic E-state index is 5.93. The fourth-order valence-corrected chi connectivity index (χ4v) is 3.17. The third-order valence-corrected chi connectivity index (χ3v) is 4.55. The first-order valence-corrected chi connectivity index (χ1v) is 8.41. The summed E-state index contributed by atoms with van der Waals surface area (Å²) in [5.74, 6) is 2.39. The summed E-state index contributed by atoms with van der Waals surface area (Å²) in [7, 11) is 1.65. The molecule has 0 amide bonds. The van der Waals surface area contributed by atoms with Crippen LogP contribution in [0.1, 0.15) is 23.8 Å². The maximum atomic E-state index is 5.93. The molecule has 1 saturated heterocycles. The van der Waals surface area contributed by atoms with Gasteiger partial charge in [-0.2, -0.15) is 0 Å². The van der Waals surface area contributed by atoms with Gasteiger partial charge in [-0.3, -0.25) is 9.88 Å². The summed E-state index contributed by atoms with van der Waals surface area (Å²) in [5, 5.41) is 8.49. The number of hydrogen-bond acceptors (Lipinski definition) is 6. The SMILES string of the molecule is COc1ccc(-c2nnc([C@H]3CCN(Cc4ccncc4)C3)o2)cc1. The minimum atomic E-state index is 0.293. The quantitative estimate of drug-likeness (QED) is 0.713.